The number of halogens is 2. The molecule has 1 unspecified atom stereocenters. The number of nitrogens with zero attached hydrogens (tertiary/aromatic N) is 1. The van der Waals surface area contributed by atoms with Gasteiger partial charge in [0, 0.05) is 11.8 Å². The van der Waals surface area contributed by atoms with Crippen molar-refractivity contribution >= 4 is 0 Å². The van der Waals surface area contributed by atoms with Crippen LogP contribution in [0.3, 0.4) is 0 Å². The monoisotopic (exact) mass is 265 g/mol. The Bertz CT molecular complexity index is 573. The van der Waals surface area contributed by atoms with Gasteiger partial charge in [-0.05, 0) is 30.7 Å². The Morgan fingerprint density at radius 1 is 1.26 bits per heavy atom. The van der Waals surface area contributed by atoms with Crippen molar-refractivity contribution in [2.75, 3.05) is 0 Å². The van der Waals surface area contributed by atoms with E-state index in [2.05, 4.69) is 4.98 Å². The van der Waals surface area contributed by atoms with E-state index in [1.165, 1.54) is 24.4 Å². The van der Waals surface area contributed by atoms with Crippen molar-refractivity contribution < 1.29 is 18.6 Å². The summed E-state index contributed by atoms with van der Waals surface area (Å²) in [6, 6.07) is 5.50. The average molecular weight is 265 g/mol. The highest BCUT2D eigenvalue weighted by atomic mass is 19.1. The Hall–Kier alpha value is -2.01. The van der Waals surface area contributed by atoms with Gasteiger partial charge < -0.3 is 9.84 Å². The Morgan fingerprint density at radius 3 is 2.68 bits per heavy atom. The van der Waals surface area contributed by atoms with E-state index in [4.69, 9.17) is 4.74 Å². The van der Waals surface area contributed by atoms with Gasteiger partial charge in [0.2, 0.25) is 0 Å². The normalized spacial score (nSPS) is 12.2. The fraction of sp³-hybridized carbons (Fsp3) is 0.214. The van der Waals surface area contributed by atoms with Gasteiger partial charge in [-0.3, -0.25) is 4.98 Å². The lowest BCUT2D eigenvalue weighted by Crippen LogP contribution is -2.00. The van der Waals surface area contributed by atoms with Gasteiger partial charge in [0.05, 0.1) is 12.3 Å². The van der Waals surface area contributed by atoms with Crippen LogP contribution in [0.1, 0.15) is 24.2 Å². The first kappa shape index (κ1) is 13.4. The molecule has 1 aromatic carbocycles. The predicted molar refractivity (Wildman–Crippen MR) is 65.6 cm³/mol. The number of ether oxygens (including phenoxy) is 1. The second-order valence-electron chi connectivity index (χ2n) is 4.17. The van der Waals surface area contributed by atoms with Crippen molar-refractivity contribution in [1.29, 1.82) is 0 Å². The number of rotatable bonds is 4. The molecule has 1 aromatic heterocycles. The molecule has 0 saturated heterocycles. The summed E-state index contributed by atoms with van der Waals surface area (Å²) >= 11 is 0. The molecule has 0 fully saturated rings. The van der Waals surface area contributed by atoms with E-state index >= 15 is 0 Å². The molecular weight excluding hydrogens is 252 g/mol. The molecule has 3 nitrogen and oxygen atoms in total. The van der Waals surface area contributed by atoms with Gasteiger partial charge in [0.15, 0.2) is 11.6 Å². The molecule has 5 heteroatoms. The molecule has 0 spiro atoms. The molecule has 1 atom stereocenters. The van der Waals surface area contributed by atoms with Crippen molar-refractivity contribution in [1.82, 2.24) is 4.98 Å². The van der Waals surface area contributed by atoms with Crippen LogP contribution in [0.5, 0.6) is 5.75 Å². The minimum absolute atomic E-state index is 0.0235. The topological polar surface area (TPSA) is 42.4 Å². The summed E-state index contributed by atoms with van der Waals surface area (Å²) in [6.45, 7) is 1.57. The smallest absolute Gasteiger partial charge is 0.165 e. The van der Waals surface area contributed by atoms with E-state index in [1.54, 1.807) is 13.0 Å². The highest BCUT2D eigenvalue weighted by Crippen LogP contribution is 2.22. The number of hydrogen-bond acceptors (Lipinski definition) is 3. The van der Waals surface area contributed by atoms with Crippen molar-refractivity contribution in [3.8, 4) is 5.75 Å². The molecule has 0 saturated carbocycles. The molecule has 0 radical (unpaired) electrons. The average Bonchev–Trinajstić information content (AvgIpc) is 2.37. The first-order valence-electron chi connectivity index (χ1n) is 5.76. The van der Waals surface area contributed by atoms with Crippen LogP contribution in [0, 0.1) is 11.6 Å². The van der Waals surface area contributed by atoms with Crippen LogP contribution in [0.2, 0.25) is 0 Å². The summed E-state index contributed by atoms with van der Waals surface area (Å²) in [4.78, 5) is 3.67. The highest BCUT2D eigenvalue weighted by molar-refractivity contribution is 5.30. The molecule has 1 N–H and O–H groups in total. The summed E-state index contributed by atoms with van der Waals surface area (Å²) in [5.74, 6) is -0.984. The lowest BCUT2D eigenvalue weighted by Gasteiger charge is -2.10. The molecule has 2 aromatic rings. The number of aliphatic hydroxyl groups excluding tert-OH is 1. The minimum atomic E-state index is -0.740. The Morgan fingerprint density at radius 2 is 2.05 bits per heavy atom. The molecule has 0 aliphatic rings. The number of aliphatic hydroxyl groups is 1. The predicted octanol–water partition coefficient (Wildman–Crippen LogP) is 2.99. The number of benzene rings is 1. The molecule has 0 bridgehead atoms. The van der Waals surface area contributed by atoms with Crippen LogP contribution in [0.15, 0.2) is 36.7 Å². The molecule has 19 heavy (non-hydrogen) atoms. The lowest BCUT2D eigenvalue weighted by atomic mass is 10.1. The van der Waals surface area contributed by atoms with E-state index in [0.717, 1.165) is 6.20 Å². The van der Waals surface area contributed by atoms with Crippen LogP contribution < -0.4 is 4.74 Å². The van der Waals surface area contributed by atoms with E-state index in [1.807, 2.05) is 0 Å². The quantitative estimate of drug-likeness (QED) is 0.924. The van der Waals surface area contributed by atoms with Gasteiger partial charge in [-0.2, -0.15) is 0 Å². The zero-order valence-corrected chi connectivity index (χ0v) is 10.3. The maximum Gasteiger partial charge on any atom is 0.165 e. The minimum Gasteiger partial charge on any atom is -0.486 e. The second-order valence-corrected chi connectivity index (χ2v) is 4.17. The number of aromatic nitrogens is 1. The lowest BCUT2D eigenvalue weighted by molar-refractivity contribution is 0.198. The molecular formula is C14H13F2NO2. The fourth-order valence-electron chi connectivity index (χ4n) is 1.59. The zero-order valence-electron chi connectivity index (χ0n) is 10.3. The van der Waals surface area contributed by atoms with Gasteiger partial charge in [-0.1, -0.05) is 6.07 Å². The molecule has 0 aliphatic heterocycles. The summed E-state index contributed by atoms with van der Waals surface area (Å²) in [5.41, 5.74) is 0.983. The van der Waals surface area contributed by atoms with E-state index < -0.39 is 17.7 Å². The van der Waals surface area contributed by atoms with Gasteiger partial charge in [-0.25, -0.2) is 8.78 Å². The molecule has 2 rings (SSSR count). The van der Waals surface area contributed by atoms with E-state index in [-0.39, 0.29) is 12.4 Å². The van der Waals surface area contributed by atoms with Gasteiger partial charge in [0.25, 0.3) is 0 Å². The number of pyridine rings is 1. The SMILES string of the molecule is CC(O)c1ccc(OCc2cncc(F)c2)c(F)c1. The molecule has 100 valence electrons. The summed E-state index contributed by atoms with van der Waals surface area (Å²) < 4.78 is 31.8. The Labute approximate surface area is 109 Å². The van der Waals surface area contributed by atoms with Crippen molar-refractivity contribution in [3.05, 3.63) is 59.4 Å². The largest absolute Gasteiger partial charge is 0.486 e. The first-order chi connectivity index (χ1) is 9.06. The molecule has 1 heterocycles. The summed E-state index contributed by atoms with van der Waals surface area (Å²) in [6.07, 6.45) is 1.79. The molecule has 0 aliphatic carbocycles. The Kier molecular flexibility index (Phi) is 4.06. The van der Waals surface area contributed by atoms with Crippen LogP contribution in [-0.4, -0.2) is 10.1 Å². The van der Waals surface area contributed by atoms with Crippen LogP contribution >= 0.6 is 0 Å². The third-order valence-electron chi connectivity index (χ3n) is 2.59. The van der Waals surface area contributed by atoms with Crippen LogP contribution in [0.4, 0.5) is 8.78 Å². The Balaban J connectivity index is 2.07. The van der Waals surface area contributed by atoms with Crippen LogP contribution in [0.25, 0.3) is 0 Å². The third-order valence-corrected chi connectivity index (χ3v) is 2.59. The van der Waals surface area contributed by atoms with Gasteiger partial charge in [0.1, 0.15) is 12.4 Å². The standard InChI is InChI=1S/C14H13F2NO2/c1-9(18)11-2-3-14(13(16)5-11)19-8-10-4-12(15)7-17-6-10/h2-7,9,18H,8H2,1H3. The first-order valence-corrected chi connectivity index (χ1v) is 5.76. The van der Waals surface area contributed by atoms with Gasteiger partial charge in [-0.15, -0.1) is 0 Å². The van der Waals surface area contributed by atoms with Crippen LogP contribution in [-0.2, 0) is 6.61 Å². The second kappa shape index (κ2) is 5.75. The van der Waals surface area contributed by atoms with Crippen molar-refractivity contribution in [3.63, 3.8) is 0 Å². The zero-order chi connectivity index (χ0) is 13.8. The summed E-state index contributed by atoms with van der Waals surface area (Å²) in [5, 5.41) is 9.32. The molecule has 0 amide bonds. The number of hydrogen-bond donors (Lipinski definition) is 1. The summed E-state index contributed by atoms with van der Waals surface area (Å²) in [7, 11) is 0. The third kappa shape index (κ3) is 3.48. The van der Waals surface area contributed by atoms with Gasteiger partial charge >= 0.3 is 0 Å². The maximum absolute atomic E-state index is 13.7. The van der Waals surface area contributed by atoms with E-state index in [0.29, 0.717) is 11.1 Å². The van der Waals surface area contributed by atoms with E-state index in [9.17, 15) is 13.9 Å². The van der Waals surface area contributed by atoms with Crippen molar-refractivity contribution in [2.45, 2.75) is 19.6 Å². The fourth-order valence-corrected chi connectivity index (χ4v) is 1.59. The van der Waals surface area contributed by atoms with Crippen molar-refractivity contribution in [2.24, 2.45) is 0 Å². The highest BCUT2D eigenvalue weighted by Gasteiger charge is 2.08. The maximum atomic E-state index is 13.7.